The zero-order valence-corrected chi connectivity index (χ0v) is 12.5. The predicted molar refractivity (Wildman–Crippen MR) is 85.7 cm³/mol. The van der Waals surface area contributed by atoms with Crippen molar-refractivity contribution in [3.05, 3.63) is 59.4 Å². The molecule has 3 rings (SSSR count). The lowest BCUT2D eigenvalue weighted by molar-refractivity contribution is 0.623. The van der Waals surface area contributed by atoms with E-state index in [1.54, 1.807) is 6.07 Å². The van der Waals surface area contributed by atoms with Crippen LogP contribution in [0.2, 0.25) is 0 Å². The van der Waals surface area contributed by atoms with Crippen LogP contribution in [0.25, 0.3) is 11.1 Å². The summed E-state index contributed by atoms with van der Waals surface area (Å²) in [6.45, 7) is 2.92. The van der Waals surface area contributed by atoms with E-state index in [9.17, 15) is 4.39 Å². The molecule has 0 aliphatic heterocycles. The zero-order chi connectivity index (χ0) is 14.7. The van der Waals surface area contributed by atoms with Gasteiger partial charge in [0.2, 0.25) is 0 Å². The summed E-state index contributed by atoms with van der Waals surface area (Å²) in [5.74, 6) is -0.126. The van der Waals surface area contributed by atoms with Gasteiger partial charge in [-0.25, -0.2) is 4.39 Å². The van der Waals surface area contributed by atoms with Gasteiger partial charge < -0.3 is 5.32 Å². The van der Waals surface area contributed by atoms with E-state index in [0.717, 1.165) is 30.5 Å². The molecular formula is C19H22FN. The van der Waals surface area contributed by atoms with Crippen molar-refractivity contribution in [1.29, 1.82) is 0 Å². The lowest BCUT2D eigenvalue weighted by Gasteiger charge is -2.09. The molecule has 0 heterocycles. The quantitative estimate of drug-likeness (QED) is 0.810. The number of benzene rings is 2. The van der Waals surface area contributed by atoms with Crippen molar-refractivity contribution in [3.8, 4) is 11.1 Å². The van der Waals surface area contributed by atoms with Crippen LogP contribution in [-0.4, -0.2) is 6.04 Å². The minimum atomic E-state index is -0.126. The predicted octanol–water partition coefficient (Wildman–Crippen LogP) is 4.70. The second-order valence-corrected chi connectivity index (χ2v) is 5.92. The lowest BCUT2D eigenvalue weighted by atomic mass is 9.99. The first-order valence-corrected chi connectivity index (χ1v) is 7.87. The molecule has 0 aromatic heterocycles. The molecule has 0 amide bonds. The molecule has 1 nitrogen and oxygen atoms in total. The van der Waals surface area contributed by atoms with Gasteiger partial charge in [-0.3, -0.25) is 0 Å². The summed E-state index contributed by atoms with van der Waals surface area (Å²) in [7, 11) is 0. The fourth-order valence-corrected chi connectivity index (χ4v) is 2.64. The summed E-state index contributed by atoms with van der Waals surface area (Å²) in [5, 5.41) is 3.42. The third-order valence-corrected chi connectivity index (χ3v) is 3.98. The van der Waals surface area contributed by atoms with Gasteiger partial charge in [-0.05, 0) is 42.0 Å². The van der Waals surface area contributed by atoms with Gasteiger partial charge >= 0.3 is 0 Å². The van der Waals surface area contributed by atoms with Crippen LogP contribution in [0.4, 0.5) is 4.39 Å². The Labute approximate surface area is 126 Å². The highest BCUT2D eigenvalue weighted by atomic mass is 19.1. The summed E-state index contributed by atoms with van der Waals surface area (Å²) >= 11 is 0. The molecule has 0 atom stereocenters. The summed E-state index contributed by atoms with van der Waals surface area (Å²) in [4.78, 5) is 0. The molecule has 1 fully saturated rings. The van der Waals surface area contributed by atoms with Crippen LogP contribution >= 0.6 is 0 Å². The van der Waals surface area contributed by atoms with Gasteiger partial charge in [0.1, 0.15) is 5.82 Å². The van der Waals surface area contributed by atoms with Crippen molar-refractivity contribution in [2.24, 2.45) is 0 Å². The van der Waals surface area contributed by atoms with Gasteiger partial charge in [0.25, 0.3) is 0 Å². The molecule has 0 spiro atoms. The molecule has 1 N–H and O–H groups in total. The summed E-state index contributed by atoms with van der Waals surface area (Å²) in [6, 6.07) is 14.5. The van der Waals surface area contributed by atoms with E-state index >= 15 is 0 Å². The molecule has 0 radical (unpaired) electrons. The molecule has 1 aliphatic carbocycles. The van der Waals surface area contributed by atoms with Gasteiger partial charge in [-0.15, -0.1) is 0 Å². The first-order chi connectivity index (χ1) is 10.3. The summed E-state index contributed by atoms with van der Waals surface area (Å²) in [6.07, 6.45) is 4.66. The van der Waals surface area contributed by atoms with E-state index in [0.29, 0.717) is 11.6 Å². The third kappa shape index (κ3) is 3.70. The third-order valence-electron chi connectivity index (χ3n) is 3.98. The van der Waals surface area contributed by atoms with Crippen LogP contribution in [0, 0.1) is 5.82 Å². The normalized spacial score (nSPS) is 14.4. The number of halogens is 1. The topological polar surface area (TPSA) is 12.0 Å². The average molecular weight is 283 g/mol. The first-order valence-electron chi connectivity index (χ1n) is 7.87. The van der Waals surface area contributed by atoms with E-state index in [1.807, 2.05) is 24.3 Å². The summed E-state index contributed by atoms with van der Waals surface area (Å²) in [5.41, 5.74) is 3.96. The Morgan fingerprint density at radius 2 is 1.95 bits per heavy atom. The Hall–Kier alpha value is -1.67. The molecule has 110 valence electrons. The summed E-state index contributed by atoms with van der Waals surface area (Å²) < 4.78 is 14.4. The van der Waals surface area contributed by atoms with Crippen molar-refractivity contribution >= 4 is 0 Å². The van der Waals surface area contributed by atoms with E-state index in [2.05, 4.69) is 24.4 Å². The minimum Gasteiger partial charge on any atom is -0.310 e. The van der Waals surface area contributed by atoms with Crippen molar-refractivity contribution in [1.82, 2.24) is 5.32 Å². The highest BCUT2D eigenvalue weighted by molar-refractivity contribution is 5.65. The Bertz CT molecular complexity index is 617. The smallest absolute Gasteiger partial charge is 0.131 e. The maximum absolute atomic E-state index is 14.4. The second-order valence-electron chi connectivity index (χ2n) is 5.92. The van der Waals surface area contributed by atoms with Gasteiger partial charge in [-0.1, -0.05) is 49.7 Å². The second kappa shape index (κ2) is 6.40. The van der Waals surface area contributed by atoms with Crippen LogP contribution in [0.1, 0.15) is 37.3 Å². The number of hydrogen-bond donors (Lipinski definition) is 1. The molecule has 2 aromatic rings. The van der Waals surface area contributed by atoms with Crippen LogP contribution < -0.4 is 5.32 Å². The standard InChI is InChI=1S/C19H22FN/c1-2-4-14-5-3-6-16(11-14)18-10-7-15(12-19(18)20)13-21-17-8-9-17/h3,5-7,10-12,17,21H,2,4,8-9,13H2,1H3. The zero-order valence-electron chi connectivity index (χ0n) is 12.5. The highest BCUT2D eigenvalue weighted by Gasteiger charge is 2.20. The maximum atomic E-state index is 14.4. The molecule has 2 aromatic carbocycles. The van der Waals surface area contributed by atoms with Crippen LogP contribution in [0.3, 0.4) is 0 Å². The Morgan fingerprint density at radius 1 is 1.10 bits per heavy atom. The molecule has 2 heteroatoms. The molecule has 21 heavy (non-hydrogen) atoms. The van der Waals surface area contributed by atoms with E-state index < -0.39 is 0 Å². The molecule has 0 saturated heterocycles. The van der Waals surface area contributed by atoms with Crippen molar-refractivity contribution in [2.45, 2.75) is 45.2 Å². The van der Waals surface area contributed by atoms with Gasteiger partial charge in [0, 0.05) is 18.2 Å². The van der Waals surface area contributed by atoms with E-state index in [1.165, 1.54) is 18.4 Å². The fraction of sp³-hybridized carbons (Fsp3) is 0.368. The molecule has 0 unspecified atom stereocenters. The van der Waals surface area contributed by atoms with Crippen molar-refractivity contribution in [2.75, 3.05) is 0 Å². The number of aryl methyl sites for hydroxylation is 1. The average Bonchev–Trinajstić information content (AvgIpc) is 3.30. The van der Waals surface area contributed by atoms with Crippen molar-refractivity contribution in [3.63, 3.8) is 0 Å². The van der Waals surface area contributed by atoms with E-state index in [-0.39, 0.29) is 5.82 Å². The first kappa shape index (κ1) is 14.3. The fourth-order valence-electron chi connectivity index (χ4n) is 2.64. The maximum Gasteiger partial charge on any atom is 0.131 e. The van der Waals surface area contributed by atoms with Crippen LogP contribution in [0.15, 0.2) is 42.5 Å². The van der Waals surface area contributed by atoms with Gasteiger partial charge in [0.05, 0.1) is 0 Å². The van der Waals surface area contributed by atoms with Crippen LogP contribution in [0.5, 0.6) is 0 Å². The largest absolute Gasteiger partial charge is 0.310 e. The SMILES string of the molecule is CCCc1cccc(-c2ccc(CNC3CC3)cc2F)c1. The van der Waals surface area contributed by atoms with Crippen LogP contribution in [-0.2, 0) is 13.0 Å². The number of hydrogen-bond acceptors (Lipinski definition) is 1. The Kier molecular flexibility index (Phi) is 4.35. The van der Waals surface area contributed by atoms with E-state index in [4.69, 9.17) is 0 Å². The monoisotopic (exact) mass is 283 g/mol. The Morgan fingerprint density at radius 3 is 2.67 bits per heavy atom. The minimum absolute atomic E-state index is 0.126. The lowest BCUT2D eigenvalue weighted by Crippen LogP contribution is -2.15. The molecule has 1 saturated carbocycles. The van der Waals surface area contributed by atoms with Crippen molar-refractivity contribution < 1.29 is 4.39 Å². The Balaban J connectivity index is 1.79. The van der Waals surface area contributed by atoms with Gasteiger partial charge in [-0.2, -0.15) is 0 Å². The molecule has 1 aliphatic rings. The number of nitrogens with one attached hydrogen (secondary N) is 1. The molecule has 0 bridgehead atoms. The number of rotatable bonds is 6. The molecular weight excluding hydrogens is 261 g/mol. The van der Waals surface area contributed by atoms with Gasteiger partial charge in [0.15, 0.2) is 0 Å². The highest BCUT2D eigenvalue weighted by Crippen LogP contribution is 2.25.